The van der Waals surface area contributed by atoms with E-state index >= 15 is 0 Å². The zero-order valence-corrected chi connectivity index (χ0v) is 40.1. The largest absolute Gasteiger partial charge is 0.493 e. The Kier molecular flexibility index (Phi) is 15.2. The van der Waals surface area contributed by atoms with Crippen molar-refractivity contribution in [2.75, 3.05) is 53.2 Å². The number of carboxylic acids is 2. The van der Waals surface area contributed by atoms with Crippen molar-refractivity contribution in [2.24, 2.45) is 11.8 Å². The van der Waals surface area contributed by atoms with E-state index in [1.54, 1.807) is 27.7 Å². The smallest absolute Gasteiger partial charge is 0.335 e. The first-order valence-corrected chi connectivity index (χ1v) is 22.8. The second-order valence-corrected chi connectivity index (χ2v) is 16.9. The molecule has 2 unspecified atom stereocenters. The van der Waals surface area contributed by atoms with Gasteiger partial charge in [0.05, 0.1) is 29.6 Å². The van der Waals surface area contributed by atoms with Gasteiger partial charge in [-0.25, -0.2) is 28.0 Å². The van der Waals surface area contributed by atoms with Gasteiger partial charge in [0.25, 0.3) is 0 Å². The average Bonchev–Trinajstić information content (AvgIpc) is 0.794. The van der Waals surface area contributed by atoms with Crippen molar-refractivity contribution in [1.29, 1.82) is 0 Å². The maximum absolute atomic E-state index is 13.6. The molecule has 4 amide bonds. The van der Waals surface area contributed by atoms with Crippen LogP contribution in [-0.2, 0) is 35.6 Å². The van der Waals surface area contributed by atoms with E-state index in [1.807, 2.05) is 0 Å². The molecule has 16 nitrogen and oxygen atoms in total. The van der Waals surface area contributed by atoms with Crippen molar-refractivity contribution in [3.05, 3.63) is 131 Å². The van der Waals surface area contributed by atoms with Crippen LogP contribution in [0.25, 0.3) is 0 Å². The molecule has 394 valence electrons. The van der Waals surface area contributed by atoms with Gasteiger partial charge in [-0.1, -0.05) is 76.2 Å². The van der Waals surface area contributed by atoms with Crippen molar-refractivity contribution in [1.82, 2.24) is 30.2 Å². The van der Waals surface area contributed by atoms with Crippen LogP contribution in [0.3, 0.4) is 0 Å². The van der Waals surface area contributed by atoms with Gasteiger partial charge in [-0.3, -0.25) is 0 Å². The lowest BCUT2D eigenvalue weighted by Gasteiger charge is -2.37. The van der Waals surface area contributed by atoms with Crippen molar-refractivity contribution in [3.63, 3.8) is 0 Å². The molecule has 6 rings (SSSR count). The van der Waals surface area contributed by atoms with E-state index < -0.39 is 125 Å². The van der Waals surface area contributed by atoms with Gasteiger partial charge < -0.3 is 60.1 Å². The highest BCUT2D eigenvalue weighted by Crippen LogP contribution is 2.22. The Hall–Kier alpha value is -6.34. The maximum Gasteiger partial charge on any atom is 0.335 e. The van der Waals surface area contributed by atoms with E-state index in [-0.39, 0.29) is 85.6 Å². The lowest BCUT2D eigenvalue weighted by molar-refractivity contribution is -0.165. The van der Waals surface area contributed by atoms with Gasteiger partial charge in [0.1, 0.15) is 23.1 Å². The number of benzene rings is 4. The molecule has 4 aromatic carbocycles. The molecular formula is C54H74F2N6O10. The molecule has 18 heteroatoms. The number of carbonyl (C=O) groups is 4. The third kappa shape index (κ3) is 20.8. The fourth-order valence-corrected chi connectivity index (χ4v) is 6.42. The zero-order chi connectivity index (χ0) is 68.5. The number of nitrogens with one attached hydrogen (secondary N) is 2. The van der Waals surface area contributed by atoms with Crippen molar-refractivity contribution < 1.29 is 82.5 Å². The molecule has 4 aromatic rings. The van der Waals surface area contributed by atoms with Crippen LogP contribution in [0.1, 0.15) is 100 Å². The number of aliphatic hydroxyl groups is 2. The normalized spacial score (nSPS) is 20.5. The number of rotatable bonds is 19. The minimum absolute atomic E-state index is 0.0119. The number of amides is 4. The Morgan fingerprint density at radius 2 is 0.889 bits per heavy atom. The summed E-state index contributed by atoms with van der Waals surface area (Å²) in [6, 6.07) is 16.2. The molecule has 0 aliphatic carbocycles. The summed E-state index contributed by atoms with van der Waals surface area (Å²) >= 11 is 0. The van der Waals surface area contributed by atoms with E-state index in [2.05, 4.69) is 10.6 Å². The molecule has 2 heterocycles. The second kappa shape index (κ2) is 29.9. The van der Waals surface area contributed by atoms with Gasteiger partial charge in [0.2, 0.25) is 0 Å². The minimum Gasteiger partial charge on any atom is -0.493 e. The van der Waals surface area contributed by atoms with Crippen LogP contribution < -0.4 is 20.1 Å². The lowest BCUT2D eigenvalue weighted by atomic mass is 10.0. The second-order valence-electron chi connectivity index (χ2n) is 16.9. The van der Waals surface area contributed by atoms with Crippen LogP contribution in [-0.4, -0.2) is 142 Å². The quantitative estimate of drug-likeness (QED) is 0.0552. The van der Waals surface area contributed by atoms with Gasteiger partial charge in [-0.05, 0) is 148 Å². The average molecular weight is 1020 g/mol. The highest BCUT2D eigenvalue weighted by Gasteiger charge is 2.30. The first-order chi connectivity index (χ1) is 41.1. The first kappa shape index (κ1) is 36.6. The number of nitrogens with zero attached hydrogens (tertiary/aromatic N) is 4. The fraction of sp³-hybridized carbons (Fsp3) is 0.481. The molecule has 0 saturated carbocycles. The topological polar surface area (TPSA) is 205 Å². The standard InChI is InChI=1S/2C25H34FN3O2.C4H6O6/c2*1-19(2)18-31-24-10-6-20(7-11-24)16-27-25(30)29(23-12-14-28(3)15-13-23)17-21-4-8-22(26)9-5-21;5-1(3(7)8)2(6)4(9)10/h2*4-11,19,23H,12-18H2,1-3H3,(H,27,30);1-2,5-6H,(H,7,8)(H,9,10)/i2*3D3,16D2,17D2,18D2;. The number of aliphatic carboxylic acids is 2. The van der Waals surface area contributed by atoms with Crippen LogP contribution in [0, 0.1) is 23.5 Å². The summed E-state index contributed by atoms with van der Waals surface area (Å²) in [5.41, 5.74) is -0.0248. The molecule has 6 N–H and O–H groups in total. The number of halogens is 2. The highest BCUT2D eigenvalue weighted by atomic mass is 19.1. The maximum atomic E-state index is 13.6. The number of carbonyl (C=O) groups excluding carboxylic acids is 2. The van der Waals surface area contributed by atoms with Gasteiger partial charge in [-0.2, -0.15) is 0 Å². The Morgan fingerprint density at radius 3 is 1.17 bits per heavy atom. The summed E-state index contributed by atoms with van der Waals surface area (Å²) in [5.74, 6) is -5.26. The van der Waals surface area contributed by atoms with Crippen LogP contribution in [0.15, 0.2) is 97.1 Å². The van der Waals surface area contributed by atoms with Crippen molar-refractivity contribution in [2.45, 2.75) is 104 Å². The first-order valence-electron chi connectivity index (χ1n) is 31.8. The van der Waals surface area contributed by atoms with Gasteiger partial charge in [0, 0.05) is 46.3 Å². The Morgan fingerprint density at radius 1 is 0.583 bits per heavy atom. The molecular weight excluding hydrogens is 931 g/mol. The fourth-order valence-electron chi connectivity index (χ4n) is 6.42. The highest BCUT2D eigenvalue weighted by molar-refractivity contribution is 5.83. The SMILES string of the molecule is O=C(O)C(O)C(O)C(=O)O.[2H]C([2H])(NC(=O)N(C1CCN(C([2H])([2H])[2H])CC1)C([2H])([2H])c1ccc(F)cc1)c1ccc(OC([2H])([2H])C(C)C)cc1.[2H]C([2H])(NC(=O)N(C1CCN(C([2H])([2H])[2H])CC1)C([2H])([2H])c1ccc(F)cc1)c1ccc(OC([2H])([2H])C(C)C)cc1. The summed E-state index contributed by atoms with van der Waals surface area (Å²) in [6.07, 6.45) is -4.03. The molecule has 72 heavy (non-hydrogen) atoms. The van der Waals surface area contributed by atoms with Gasteiger partial charge in [0.15, 0.2) is 12.2 Å². The molecule has 0 radical (unpaired) electrons. The van der Waals surface area contributed by atoms with Crippen LogP contribution in [0.5, 0.6) is 11.5 Å². The summed E-state index contributed by atoms with van der Waals surface area (Å²) in [6.45, 7) is -11.6. The van der Waals surface area contributed by atoms with Gasteiger partial charge >= 0.3 is 24.0 Å². The van der Waals surface area contributed by atoms with E-state index in [0.717, 1.165) is 34.1 Å². The molecule has 0 bridgehead atoms. The lowest BCUT2D eigenvalue weighted by Crippen LogP contribution is -2.49. The monoisotopic (exact) mass is 1020 g/mol. The molecule has 2 aliphatic rings. The third-order valence-corrected chi connectivity index (χ3v) is 10.3. The summed E-state index contributed by atoms with van der Waals surface area (Å²) in [4.78, 5) is 51.0. The Labute approximate surface area is 447 Å². The number of aliphatic hydroxyl groups excluding tert-OH is 2. The minimum atomic E-state index is -2.49. The number of carboxylic acid groups (broad SMARTS) is 2. The van der Waals surface area contributed by atoms with E-state index in [9.17, 15) is 28.0 Å². The number of piperidine rings is 2. The van der Waals surface area contributed by atoms with Crippen molar-refractivity contribution >= 4 is 24.0 Å². The number of urea groups is 2. The predicted octanol–water partition coefficient (Wildman–Crippen LogP) is 7.21. The number of ether oxygens (including phenoxy) is 2. The van der Waals surface area contributed by atoms with Crippen LogP contribution >= 0.6 is 0 Å². The summed E-state index contributed by atoms with van der Waals surface area (Å²) in [5, 5.41) is 37.0. The summed E-state index contributed by atoms with van der Waals surface area (Å²) < 4.78 is 185. The van der Waals surface area contributed by atoms with E-state index in [0.29, 0.717) is 0 Å². The predicted molar refractivity (Wildman–Crippen MR) is 270 cm³/mol. The van der Waals surface area contributed by atoms with Crippen LogP contribution in [0.2, 0.25) is 0 Å². The van der Waals surface area contributed by atoms with Crippen molar-refractivity contribution in [3.8, 4) is 11.5 Å². The number of hydrogen-bond donors (Lipinski definition) is 6. The number of hydrogen-bond acceptors (Lipinski definition) is 10. The number of likely N-dealkylation sites (tertiary alicyclic amines) is 2. The molecule has 2 aliphatic heterocycles. The van der Waals surface area contributed by atoms with Gasteiger partial charge in [-0.15, -0.1) is 0 Å². The summed E-state index contributed by atoms with van der Waals surface area (Å²) in [7, 11) is 0. The Bertz CT molecular complexity index is 2810. The Balaban J connectivity index is 0.000000333. The van der Waals surface area contributed by atoms with E-state index in [4.69, 9.17) is 54.6 Å². The molecule has 2 saturated heterocycles. The molecule has 0 aromatic heterocycles. The molecule has 2 atom stereocenters. The van der Waals surface area contributed by atoms with E-state index in [1.165, 1.54) is 82.6 Å². The zero-order valence-electron chi connectivity index (χ0n) is 58.1. The molecule has 2 fully saturated rings. The van der Waals surface area contributed by atoms with Crippen LogP contribution in [0.4, 0.5) is 18.4 Å². The molecule has 0 spiro atoms. The third-order valence-electron chi connectivity index (χ3n) is 10.3.